The van der Waals surface area contributed by atoms with E-state index in [1.807, 2.05) is 44.2 Å². The maximum atomic E-state index is 12.8. The van der Waals surface area contributed by atoms with Crippen LogP contribution < -0.4 is 0 Å². The van der Waals surface area contributed by atoms with E-state index in [0.29, 0.717) is 30.4 Å². The standard InChI is InChI=1S/C17H21N3O2S/c1-3-19(4-2)17(22)15-10-23-11-20(15)16(21)14-9-12-7-5-6-8-13(12)18-14/h5-9,15,18H,3-4,10-11H2,1-2H3. The molecular weight excluding hydrogens is 310 g/mol. The number of hydrogen-bond acceptors (Lipinski definition) is 3. The van der Waals surface area contributed by atoms with Crippen molar-refractivity contribution in [3.63, 3.8) is 0 Å². The van der Waals surface area contributed by atoms with E-state index in [-0.39, 0.29) is 17.9 Å². The Kier molecular flexibility index (Phi) is 4.61. The summed E-state index contributed by atoms with van der Waals surface area (Å²) in [6.45, 7) is 5.27. The predicted molar refractivity (Wildman–Crippen MR) is 93.5 cm³/mol. The van der Waals surface area contributed by atoms with Crippen LogP contribution >= 0.6 is 11.8 Å². The lowest BCUT2D eigenvalue weighted by atomic mass is 10.2. The first-order chi connectivity index (χ1) is 11.2. The number of para-hydroxylation sites is 1. The highest BCUT2D eigenvalue weighted by Gasteiger charge is 2.37. The number of carbonyl (C=O) groups excluding carboxylic acids is 2. The molecule has 1 aliphatic rings. The number of aromatic amines is 1. The number of thioether (sulfide) groups is 1. The van der Waals surface area contributed by atoms with Gasteiger partial charge in [0.1, 0.15) is 11.7 Å². The molecule has 2 amide bonds. The lowest BCUT2D eigenvalue weighted by molar-refractivity contribution is -0.134. The summed E-state index contributed by atoms with van der Waals surface area (Å²) >= 11 is 1.63. The Balaban J connectivity index is 1.84. The minimum Gasteiger partial charge on any atom is -0.351 e. The molecular formula is C17H21N3O2S. The van der Waals surface area contributed by atoms with Gasteiger partial charge in [0, 0.05) is 29.7 Å². The summed E-state index contributed by atoms with van der Waals surface area (Å²) in [7, 11) is 0. The van der Waals surface area contributed by atoms with Gasteiger partial charge in [0.15, 0.2) is 0 Å². The van der Waals surface area contributed by atoms with Gasteiger partial charge in [-0.1, -0.05) is 18.2 Å². The number of benzene rings is 1. The van der Waals surface area contributed by atoms with Crippen LogP contribution in [0.2, 0.25) is 0 Å². The van der Waals surface area contributed by atoms with Gasteiger partial charge in [-0.15, -0.1) is 11.8 Å². The first kappa shape index (κ1) is 15.9. The van der Waals surface area contributed by atoms with Gasteiger partial charge >= 0.3 is 0 Å². The Bertz CT molecular complexity index is 690. The fourth-order valence-corrected chi connectivity index (χ4v) is 4.08. The monoisotopic (exact) mass is 331 g/mol. The summed E-state index contributed by atoms with van der Waals surface area (Å²) in [5.74, 6) is 1.17. The van der Waals surface area contributed by atoms with Crippen molar-refractivity contribution in [3.8, 4) is 0 Å². The number of amides is 2. The molecule has 1 aromatic heterocycles. The lowest BCUT2D eigenvalue weighted by Gasteiger charge is -2.28. The van der Waals surface area contributed by atoms with Gasteiger partial charge in [-0.05, 0) is 26.0 Å². The van der Waals surface area contributed by atoms with Gasteiger partial charge in [-0.25, -0.2) is 0 Å². The molecule has 5 nitrogen and oxygen atoms in total. The zero-order chi connectivity index (χ0) is 16.4. The van der Waals surface area contributed by atoms with E-state index in [1.54, 1.807) is 21.6 Å². The van der Waals surface area contributed by atoms with E-state index in [2.05, 4.69) is 4.98 Å². The summed E-state index contributed by atoms with van der Waals surface area (Å²) in [6, 6.07) is 9.30. The van der Waals surface area contributed by atoms with Crippen LogP contribution in [0, 0.1) is 0 Å². The Labute approximate surface area is 140 Å². The molecule has 0 aliphatic carbocycles. The van der Waals surface area contributed by atoms with Gasteiger partial charge in [-0.2, -0.15) is 0 Å². The van der Waals surface area contributed by atoms with Crippen molar-refractivity contribution in [2.45, 2.75) is 19.9 Å². The van der Waals surface area contributed by atoms with Gasteiger partial charge in [0.25, 0.3) is 5.91 Å². The largest absolute Gasteiger partial charge is 0.351 e. The molecule has 1 fully saturated rings. The number of fused-ring (bicyclic) bond motifs is 1. The molecule has 0 saturated carbocycles. The summed E-state index contributed by atoms with van der Waals surface area (Å²) in [6.07, 6.45) is 0. The SMILES string of the molecule is CCN(CC)C(=O)C1CSCN1C(=O)c1cc2ccccc2[nH]1. The van der Waals surface area contributed by atoms with E-state index < -0.39 is 0 Å². The molecule has 0 bridgehead atoms. The van der Waals surface area contributed by atoms with Crippen molar-refractivity contribution in [1.29, 1.82) is 0 Å². The fraction of sp³-hybridized carbons (Fsp3) is 0.412. The number of nitrogens with zero attached hydrogens (tertiary/aromatic N) is 2. The Morgan fingerprint density at radius 1 is 1.30 bits per heavy atom. The van der Waals surface area contributed by atoms with Crippen LogP contribution in [0.3, 0.4) is 0 Å². The molecule has 1 aromatic carbocycles. The van der Waals surface area contributed by atoms with Crippen LogP contribution in [0.5, 0.6) is 0 Å². The number of aromatic nitrogens is 1. The molecule has 122 valence electrons. The van der Waals surface area contributed by atoms with Crippen molar-refractivity contribution >= 4 is 34.5 Å². The van der Waals surface area contributed by atoms with Crippen molar-refractivity contribution in [1.82, 2.24) is 14.8 Å². The van der Waals surface area contributed by atoms with E-state index >= 15 is 0 Å². The number of nitrogens with one attached hydrogen (secondary N) is 1. The lowest BCUT2D eigenvalue weighted by Crippen LogP contribution is -2.49. The Morgan fingerprint density at radius 3 is 2.74 bits per heavy atom. The van der Waals surface area contributed by atoms with Gasteiger partial charge < -0.3 is 14.8 Å². The third-order valence-electron chi connectivity index (χ3n) is 4.26. The number of likely N-dealkylation sites (N-methyl/N-ethyl adjacent to an activating group) is 1. The van der Waals surface area contributed by atoms with Crippen molar-refractivity contribution in [2.75, 3.05) is 24.7 Å². The summed E-state index contributed by atoms with van der Waals surface area (Å²) in [5, 5.41) is 1.01. The zero-order valence-electron chi connectivity index (χ0n) is 13.4. The first-order valence-corrected chi connectivity index (χ1v) is 9.06. The third-order valence-corrected chi connectivity index (χ3v) is 5.28. The normalized spacial score (nSPS) is 17.7. The van der Waals surface area contributed by atoms with Crippen LogP contribution in [0.25, 0.3) is 10.9 Å². The highest BCUT2D eigenvalue weighted by molar-refractivity contribution is 7.99. The maximum Gasteiger partial charge on any atom is 0.271 e. The molecule has 6 heteroatoms. The van der Waals surface area contributed by atoms with Gasteiger partial charge in [0.05, 0.1) is 5.88 Å². The summed E-state index contributed by atoms with van der Waals surface area (Å²) < 4.78 is 0. The second-order valence-corrected chi connectivity index (χ2v) is 6.57. The minimum absolute atomic E-state index is 0.0458. The molecule has 1 unspecified atom stereocenters. The molecule has 3 rings (SSSR count). The molecule has 2 heterocycles. The van der Waals surface area contributed by atoms with Crippen LogP contribution in [-0.4, -0.2) is 57.4 Å². The summed E-state index contributed by atoms with van der Waals surface area (Å²) in [4.78, 5) is 32.1. The number of hydrogen-bond donors (Lipinski definition) is 1. The fourth-order valence-electron chi connectivity index (χ4n) is 2.94. The topological polar surface area (TPSA) is 56.4 Å². The summed E-state index contributed by atoms with van der Waals surface area (Å²) in [5.41, 5.74) is 1.49. The molecule has 23 heavy (non-hydrogen) atoms. The van der Waals surface area contributed by atoms with Crippen molar-refractivity contribution in [2.24, 2.45) is 0 Å². The van der Waals surface area contributed by atoms with Crippen LogP contribution in [0.1, 0.15) is 24.3 Å². The quantitative estimate of drug-likeness (QED) is 0.937. The van der Waals surface area contributed by atoms with Crippen LogP contribution in [-0.2, 0) is 4.79 Å². The van der Waals surface area contributed by atoms with E-state index in [1.165, 1.54) is 0 Å². The molecule has 1 atom stereocenters. The van der Waals surface area contributed by atoms with Crippen molar-refractivity contribution in [3.05, 3.63) is 36.0 Å². The second kappa shape index (κ2) is 6.66. The highest BCUT2D eigenvalue weighted by Crippen LogP contribution is 2.25. The van der Waals surface area contributed by atoms with Crippen LogP contribution in [0.15, 0.2) is 30.3 Å². The number of H-pyrrole nitrogens is 1. The predicted octanol–water partition coefficient (Wildman–Crippen LogP) is 2.55. The highest BCUT2D eigenvalue weighted by atomic mass is 32.2. The van der Waals surface area contributed by atoms with E-state index in [4.69, 9.17) is 0 Å². The Morgan fingerprint density at radius 2 is 2.04 bits per heavy atom. The van der Waals surface area contributed by atoms with E-state index in [9.17, 15) is 9.59 Å². The smallest absolute Gasteiger partial charge is 0.271 e. The first-order valence-electron chi connectivity index (χ1n) is 7.91. The third kappa shape index (κ3) is 2.95. The maximum absolute atomic E-state index is 12.8. The average molecular weight is 331 g/mol. The Hall–Kier alpha value is -1.95. The van der Waals surface area contributed by atoms with Gasteiger partial charge in [0.2, 0.25) is 5.91 Å². The molecule has 0 spiro atoms. The second-order valence-electron chi connectivity index (χ2n) is 5.57. The number of rotatable bonds is 4. The minimum atomic E-state index is -0.362. The van der Waals surface area contributed by atoms with Crippen molar-refractivity contribution < 1.29 is 9.59 Å². The molecule has 1 saturated heterocycles. The molecule has 1 aliphatic heterocycles. The molecule has 0 radical (unpaired) electrons. The molecule has 2 aromatic rings. The average Bonchev–Trinajstić information content (AvgIpc) is 3.21. The van der Waals surface area contributed by atoms with E-state index in [0.717, 1.165) is 10.9 Å². The zero-order valence-corrected chi connectivity index (χ0v) is 14.2. The van der Waals surface area contributed by atoms with Crippen LogP contribution in [0.4, 0.5) is 0 Å². The number of carbonyl (C=O) groups is 2. The van der Waals surface area contributed by atoms with Gasteiger partial charge in [-0.3, -0.25) is 9.59 Å². The molecule has 1 N–H and O–H groups in total.